The summed E-state index contributed by atoms with van der Waals surface area (Å²) in [7, 11) is 1.58. The van der Waals surface area contributed by atoms with Crippen molar-refractivity contribution in [3.05, 3.63) is 114 Å². The zero-order valence-corrected chi connectivity index (χ0v) is 22.6. The number of amides is 2. The number of carbonyl (C=O) groups excluding carboxylic acids is 2. The Balaban J connectivity index is 1.38. The second kappa shape index (κ2) is 13.1. The molecule has 2 amide bonds. The molecule has 0 unspecified atom stereocenters. The van der Waals surface area contributed by atoms with E-state index in [0.717, 1.165) is 16.7 Å². The minimum atomic E-state index is -0.231. The molecule has 7 nitrogen and oxygen atoms in total. The van der Waals surface area contributed by atoms with Gasteiger partial charge in [0.15, 0.2) is 0 Å². The van der Waals surface area contributed by atoms with Crippen LogP contribution in [0.5, 0.6) is 5.75 Å². The Kier molecular flexibility index (Phi) is 8.86. The van der Waals surface area contributed by atoms with Crippen LogP contribution in [0.3, 0.4) is 0 Å². The molecular weight excluding hydrogens is 502 g/mol. The van der Waals surface area contributed by atoms with Gasteiger partial charge >= 0.3 is 0 Å². The zero-order chi connectivity index (χ0) is 27.7. The van der Waals surface area contributed by atoms with Crippen LogP contribution < -0.4 is 15.0 Å². The summed E-state index contributed by atoms with van der Waals surface area (Å²) in [5.41, 5.74) is 4.84. The largest absolute Gasteiger partial charge is 0.495 e. The van der Waals surface area contributed by atoms with Gasteiger partial charge in [-0.05, 0) is 47.0 Å². The van der Waals surface area contributed by atoms with Gasteiger partial charge in [0.05, 0.1) is 39.1 Å². The van der Waals surface area contributed by atoms with Gasteiger partial charge in [-0.15, -0.1) is 0 Å². The summed E-state index contributed by atoms with van der Waals surface area (Å²) in [4.78, 5) is 30.7. The van der Waals surface area contributed by atoms with Crippen LogP contribution in [0, 0.1) is 0 Å². The van der Waals surface area contributed by atoms with E-state index in [9.17, 15) is 9.59 Å². The molecule has 0 spiro atoms. The summed E-state index contributed by atoms with van der Waals surface area (Å²) in [5, 5.41) is 2.99. The van der Waals surface area contributed by atoms with Crippen molar-refractivity contribution >= 4 is 23.2 Å². The van der Waals surface area contributed by atoms with E-state index in [1.165, 1.54) is 0 Å². The fourth-order valence-electron chi connectivity index (χ4n) is 4.74. The minimum absolute atomic E-state index is 0.0518. The van der Waals surface area contributed by atoms with Crippen LogP contribution in [0.2, 0.25) is 0 Å². The van der Waals surface area contributed by atoms with Crippen molar-refractivity contribution < 1.29 is 19.1 Å². The topological polar surface area (TPSA) is 71.1 Å². The highest BCUT2D eigenvalue weighted by Crippen LogP contribution is 2.33. The number of hydrogen-bond donors (Lipinski definition) is 1. The number of rotatable bonds is 9. The van der Waals surface area contributed by atoms with E-state index in [4.69, 9.17) is 9.47 Å². The molecule has 0 radical (unpaired) electrons. The molecule has 1 aliphatic heterocycles. The molecule has 40 heavy (non-hydrogen) atoms. The second-order valence-corrected chi connectivity index (χ2v) is 9.64. The quantitative estimate of drug-likeness (QED) is 0.307. The lowest BCUT2D eigenvalue weighted by molar-refractivity contribution is -0.120. The molecule has 204 valence electrons. The van der Waals surface area contributed by atoms with Gasteiger partial charge in [-0.2, -0.15) is 0 Å². The van der Waals surface area contributed by atoms with Gasteiger partial charge in [0.1, 0.15) is 5.75 Å². The lowest BCUT2D eigenvalue weighted by Gasteiger charge is -2.30. The highest BCUT2D eigenvalue weighted by molar-refractivity contribution is 6.05. The monoisotopic (exact) mass is 535 g/mol. The molecular formula is C33H33N3O4. The summed E-state index contributed by atoms with van der Waals surface area (Å²) < 4.78 is 11.1. The highest BCUT2D eigenvalue weighted by atomic mass is 16.5. The van der Waals surface area contributed by atoms with Crippen molar-refractivity contribution in [1.82, 2.24) is 4.90 Å². The lowest BCUT2D eigenvalue weighted by Crippen LogP contribution is -2.44. The van der Waals surface area contributed by atoms with Crippen LogP contribution in [0.25, 0.3) is 11.1 Å². The molecule has 1 heterocycles. The van der Waals surface area contributed by atoms with Gasteiger partial charge in [-0.3, -0.25) is 14.5 Å². The van der Waals surface area contributed by atoms with Gasteiger partial charge < -0.3 is 19.7 Å². The molecule has 4 aromatic rings. The molecule has 0 bridgehead atoms. The molecule has 1 N–H and O–H groups in total. The van der Waals surface area contributed by atoms with E-state index in [-0.39, 0.29) is 18.4 Å². The number of hydrogen-bond acceptors (Lipinski definition) is 5. The lowest BCUT2D eigenvalue weighted by atomic mass is 10.0. The second-order valence-electron chi connectivity index (χ2n) is 9.64. The fraction of sp³-hybridized carbons (Fsp3) is 0.212. The Hall–Kier alpha value is -4.46. The SMILES string of the molecule is COc1ccc(NC(=O)c2ccc(-c3ccccc3)cc2)cc1N(Cc1ccccc1)C(=O)CN1CCOCC1. The predicted octanol–water partition coefficient (Wildman–Crippen LogP) is 5.48. The molecule has 7 heteroatoms. The fourth-order valence-corrected chi connectivity index (χ4v) is 4.74. The number of benzene rings is 4. The maximum atomic E-state index is 13.7. The first-order chi connectivity index (χ1) is 19.6. The summed E-state index contributed by atoms with van der Waals surface area (Å²) in [6, 6.07) is 32.8. The number of nitrogens with one attached hydrogen (secondary N) is 1. The highest BCUT2D eigenvalue weighted by Gasteiger charge is 2.24. The summed E-state index contributed by atoms with van der Waals surface area (Å²) in [6.07, 6.45) is 0. The van der Waals surface area contributed by atoms with Gasteiger partial charge in [0.25, 0.3) is 5.91 Å². The van der Waals surface area contributed by atoms with E-state index in [0.29, 0.717) is 55.5 Å². The van der Waals surface area contributed by atoms with Gasteiger partial charge in [-0.25, -0.2) is 0 Å². The van der Waals surface area contributed by atoms with Gasteiger partial charge in [0, 0.05) is 24.3 Å². The van der Waals surface area contributed by atoms with Crippen LogP contribution >= 0.6 is 0 Å². The Morgan fingerprint density at radius 3 is 2.17 bits per heavy atom. The Labute approximate surface area is 235 Å². The number of methoxy groups -OCH3 is 1. The number of nitrogens with zero attached hydrogens (tertiary/aromatic N) is 2. The molecule has 1 aliphatic rings. The maximum absolute atomic E-state index is 13.7. The molecule has 0 aromatic heterocycles. The van der Waals surface area contributed by atoms with Crippen LogP contribution in [-0.2, 0) is 16.1 Å². The van der Waals surface area contributed by atoms with Crippen molar-refractivity contribution in [2.24, 2.45) is 0 Å². The number of carbonyl (C=O) groups is 2. The first-order valence-electron chi connectivity index (χ1n) is 13.4. The Morgan fingerprint density at radius 1 is 0.850 bits per heavy atom. The molecule has 0 aliphatic carbocycles. The van der Waals surface area contributed by atoms with E-state index in [1.54, 1.807) is 30.2 Å². The zero-order valence-electron chi connectivity index (χ0n) is 22.6. The summed E-state index contributed by atoms with van der Waals surface area (Å²) >= 11 is 0. The maximum Gasteiger partial charge on any atom is 0.255 e. The Bertz CT molecular complexity index is 1420. The van der Waals surface area contributed by atoms with Gasteiger partial charge in [0.2, 0.25) is 5.91 Å². The smallest absolute Gasteiger partial charge is 0.255 e. The van der Waals surface area contributed by atoms with Crippen LogP contribution in [0.1, 0.15) is 15.9 Å². The van der Waals surface area contributed by atoms with Crippen molar-refractivity contribution in [1.29, 1.82) is 0 Å². The van der Waals surface area contributed by atoms with Crippen LogP contribution in [-0.4, -0.2) is 56.7 Å². The predicted molar refractivity (Wildman–Crippen MR) is 158 cm³/mol. The van der Waals surface area contributed by atoms with E-state index >= 15 is 0 Å². The minimum Gasteiger partial charge on any atom is -0.495 e. The number of ether oxygens (including phenoxy) is 2. The third-order valence-corrected chi connectivity index (χ3v) is 6.93. The molecule has 1 saturated heterocycles. The molecule has 0 saturated carbocycles. The molecule has 0 atom stereocenters. The van der Waals surface area contributed by atoms with Gasteiger partial charge in [-0.1, -0.05) is 72.8 Å². The van der Waals surface area contributed by atoms with Crippen molar-refractivity contribution in [3.63, 3.8) is 0 Å². The van der Waals surface area contributed by atoms with Crippen LogP contribution in [0.15, 0.2) is 103 Å². The third-order valence-electron chi connectivity index (χ3n) is 6.93. The average molecular weight is 536 g/mol. The first-order valence-corrected chi connectivity index (χ1v) is 13.4. The average Bonchev–Trinajstić information content (AvgIpc) is 3.01. The molecule has 4 aromatic carbocycles. The standard InChI is InChI=1S/C33H33N3O4/c1-39-31-17-16-29(34-33(38)28-14-12-27(13-15-28)26-10-6-3-7-11-26)22-30(31)36(23-25-8-4-2-5-9-25)32(37)24-35-18-20-40-21-19-35/h2-17,22H,18-21,23-24H2,1H3,(H,34,38). The summed E-state index contributed by atoms with van der Waals surface area (Å²) in [6.45, 7) is 3.29. The Morgan fingerprint density at radius 2 is 1.50 bits per heavy atom. The van der Waals surface area contributed by atoms with Crippen molar-refractivity contribution in [2.75, 3.05) is 50.2 Å². The summed E-state index contributed by atoms with van der Waals surface area (Å²) in [5.74, 6) is 0.269. The van der Waals surface area contributed by atoms with Crippen LogP contribution in [0.4, 0.5) is 11.4 Å². The van der Waals surface area contributed by atoms with E-state index < -0.39 is 0 Å². The van der Waals surface area contributed by atoms with E-state index in [1.807, 2.05) is 84.9 Å². The molecule has 1 fully saturated rings. The number of anilines is 2. The third kappa shape index (κ3) is 6.75. The first kappa shape index (κ1) is 27.1. The van der Waals surface area contributed by atoms with Crippen molar-refractivity contribution in [3.8, 4) is 16.9 Å². The van der Waals surface area contributed by atoms with Crippen molar-refractivity contribution in [2.45, 2.75) is 6.54 Å². The normalized spacial score (nSPS) is 13.4. The van der Waals surface area contributed by atoms with E-state index in [2.05, 4.69) is 10.2 Å². The number of morpholine rings is 1. The molecule has 5 rings (SSSR count).